The SMILES string of the molecule is CC1=C(C(=O)Oc2ccccc2)C2(C)[C@@H]3C(=O)N(c4c(C)cc(C)cc4C)C(=O)[C@H]3C1[C@H]1C(=O)N(c3c(C)cc(C)cc3C)C(=O)[C@@H]12. The molecule has 0 radical (unpaired) electrons. The molecule has 8 rings (SSSR count). The highest BCUT2D eigenvalue weighted by molar-refractivity contribution is 6.28. The minimum Gasteiger partial charge on any atom is -0.423 e. The third-order valence-electron chi connectivity index (χ3n) is 11.1. The van der Waals surface area contributed by atoms with E-state index in [-0.39, 0.29) is 5.57 Å². The molecule has 8 nitrogen and oxygen atoms in total. The number of carbonyl (C=O) groups is 5. The van der Waals surface area contributed by atoms with E-state index in [1.807, 2.05) is 65.8 Å². The van der Waals surface area contributed by atoms with E-state index in [1.54, 1.807) is 44.2 Å². The first-order valence-electron chi connectivity index (χ1n) is 16.1. The lowest BCUT2D eigenvalue weighted by Crippen LogP contribution is -2.61. The Morgan fingerprint density at radius 2 is 1.02 bits per heavy atom. The van der Waals surface area contributed by atoms with E-state index in [2.05, 4.69) is 0 Å². The van der Waals surface area contributed by atoms with Crippen LogP contribution in [0.25, 0.3) is 0 Å². The summed E-state index contributed by atoms with van der Waals surface area (Å²) >= 11 is 0. The summed E-state index contributed by atoms with van der Waals surface area (Å²) in [5, 5.41) is 0. The number of carbonyl (C=O) groups excluding carboxylic acids is 5. The zero-order chi connectivity index (χ0) is 33.9. The largest absolute Gasteiger partial charge is 0.423 e. The van der Waals surface area contributed by atoms with Crippen LogP contribution in [0.15, 0.2) is 65.7 Å². The van der Waals surface area contributed by atoms with Crippen LogP contribution in [0.3, 0.4) is 0 Å². The molecule has 240 valence electrons. The minimum absolute atomic E-state index is 0.203. The van der Waals surface area contributed by atoms with E-state index in [9.17, 15) is 24.0 Å². The van der Waals surface area contributed by atoms with Crippen LogP contribution < -0.4 is 14.5 Å². The molecule has 47 heavy (non-hydrogen) atoms. The molecule has 2 saturated heterocycles. The maximum absolute atomic E-state index is 14.8. The Bertz CT molecular complexity index is 1840. The van der Waals surface area contributed by atoms with Crippen molar-refractivity contribution < 1.29 is 28.7 Å². The molecule has 6 atom stereocenters. The maximum Gasteiger partial charge on any atom is 0.339 e. The number of nitrogens with zero attached hydrogens (tertiary/aromatic N) is 2. The quantitative estimate of drug-likeness (QED) is 0.199. The Balaban J connectivity index is 1.43. The normalized spacial score (nSPS) is 28.0. The highest BCUT2D eigenvalue weighted by Crippen LogP contribution is 2.69. The molecule has 0 spiro atoms. The fraction of sp³-hybridized carbons (Fsp3) is 0.359. The lowest BCUT2D eigenvalue weighted by atomic mass is 9.43. The lowest BCUT2D eigenvalue weighted by molar-refractivity contribution is -0.152. The van der Waals surface area contributed by atoms with Gasteiger partial charge >= 0.3 is 5.97 Å². The maximum atomic E-state index is 14.8. The van der Waals surface area contributed by atoms with Crippen molar-refractivity contribution >= 4 is 41.0 Å². The third-order valence-corrected chi connectivity index (χ3v) is 11.1. The van der Waals surface area contributed by atoms with Gasteiger partial charge in [-0.25, -0.2) is 14.6 Å². The third kappa shape index (κ3) is 4.03. The number of imide groups is 2. The van der Waals surface area contributed by atoms with Crippen LogP contribution in [0, 0.1) is 76.5 Å². The molecule has 0 aromatic heterocycles. The first-order chi connectivity index (χ1) is 22.2. The summed E-state index contributed by atoms with van der Waals surface area (Å²) in [4.78, 5) is 75.5. The van der Waals surface area contributed by atoms with Gasteiger partial charge in [0.25, 0.3) is 0 Å². The van der Waals surface area contributed by atoms with Gasteiger partial charge in [0.15, 0.2) is 0 Å². The predicted molar refractivity (Wildman–Crippen MR) is 177 cm³/mol. The second-order valence-electron chi connectivity index (χ2n) is 14.1. The molecule has 3 aromatic carbocycles. The molecule has 2 heterocycles. The molecule has 2 aliphatic heterocycles. The molecule has 8 heteroatoms. The molecule has 0 N–H and O–H groups in total. The van der Waals surface area contributed by atoms with Crippen LogP contribution in [0.4, 0.5) is 11.4 Å². The molecule has 2 unspecified atom stereocenters. The molecule has 4 amide bonds. The summed E-state index contributed by atoms with van der Waals surface area (Å²) in [5.74, 6) is -6.84. The van der Waals surface area contributed by atoms with Crippen molar-refractivity contribution in [1.29, 1.82) is 0 Å². The number of amides is 4. The fourth-order valence-corrected chi connectivity index (χ4v) is 9.74. The van der Waals surface area contributed by atoms with E-state index < -0.39 is 64.6 Å². The Labute approximate surface area is 274 Å². The summed E-state index contributed by atoms with van der Waals surface area (Å²) in [6.07, 6.45) is 0. The van der Waals surface area contributed by atoms with Gasteiger partial charge in [0.2, 0.25) is 23.6 Å². The van der Waals surface area contributed by atoms with Crippen LogP contribution in [-0.2, 0) is 24.0 Å². The minimum atomic E-state index is -1.50. The van der Waals surface area contributed by atoms with E-state index in [1.165, 1.54) is 9.80 Å². The van der Waals surface area contributed by atoms with Crippen molar-refractivity contribution in [2.24, 2.45) is 35.0 Å². The van der Waals surface area contributed by atoms with Crippen LogP contribution in [0.2, 0.25) is 0 Å². The molecule has 3 fully saturated rings. The highest BCUT2D eigenvalue weighted by Gasteiger charge is 2.77. The number of rotatable bonds is 4. The van der Waals surface area contributed by atoms with Crippen molar-refractivity contribution in [3.05, 3.63) is 99.1 Å². The summed E-state index contributed by atoms with van der Waals surface area (Å²) < 4.78 is 5.87. The van der Waals surface area contributed by atoms with Gasteiger partial charge in [-0.05, 0) is 82.9 Å². The van der Waals surface area contributed by atoms with E-state index >= 15 is 0 Å². The molecular formula is C39H38N2O6. The zero-order valence-electron chi connectivity index (χ0n) is 27.9. The number of ether oxygens (including phenoxy) is 1. The summed E-state index contributed by atoms with van der Waals surface area (Å²) in [6.45, 7) is 14.9. The molecular weight excluding hydrogens is 592 g/mol. The fourth-order valence-electron chi connectivity index (χ4n) is 9.74. The first-order valence-corrected chi connectivity index (χ1v) is 16.1. The molecule has 5 aliphatic rings. The first kappa shape index (κ1) is 30.8. The van der Waals surface area contributed by atoms with Gasteiger partial charge in [0.05, 0.1) is 35.0 Å². The Hall–Kier alpha value is -4.85. The van der Waals surface area contributed by atoms with E-state index in [4.69, 9.17) is 4.74 Å². The van der Waals surface area contributed by atoms with Crippen LogP contribution in [-0.4, -0.2) is 29.6 Å². The average Bonchev–Trinajstić information content (AvgIpc) is 3.39. The van der Waals surface area contributed by atoms with E-state index in [0.29, 0.717) is 22.7 Å². The van der Waals surface area contributed by atoms with Gasteiger partial charge in [-0.2, -0.15) is 0 Å². The average molecular weight is 631 g/mol. The van der Waals surface area contributed by atoms with E-state index in [0.717, 1.165) is 33.4 Å². The van der Waals surface area contributed by atoms with Gasteiger partial charge in [-0.3, -0.25) is 19.2 Å². The highest BCUT2D eigenvalue weighted by atomic mass is 16.5. The summed E-state index contributed by atoms with van der Waals surface area (Å²) in [6, 6.07) is 16.3. The number of aryl methyl sites for hydroxylation is 6. The topological polar surface area (TPSA) is 101 Å². The van der Waals surface area contributed by atoms with Crippen molar-refractivity contribution in [1.82, 2.24) is 0 Å². The van der Waals surface area contributed by atoms with Crippen molar-refractivity contribution in [3.63, 3.8) is 0 Å². The number of anilines is 2. The van der Waals surface area contributed by atoms with Crippen molar-refractivity contribution in [3.8, 4) is 5.75 Å². The molecule has 3 aliphatic carbocycles. The lowest BCUT2D eigenvalue weighted by Gasteiger charge is -2.55. The molecule has 2 bridgehead atoms. The number of benzene rings is 3. The van der Waals surface area contributed by atoms with Gasteiger partial charge < -0.3 is 4.74 Å². The Kier molecular flexibility index (Phi) is 6.76. The Morgan fingerprint density at radius 3 is 1.43 bits per heavy atom. The number of esters is 1. The summed E-state index contributed by atoms with van der Waals surface area (Å²) in [7, 11) is 0. The second-order valence-corrected chi connectivity index (χ2v) is 14.1. The standard InChI is InChI=1S/C39H38N2O6/c1-18-14-20(3)32(21(4)15-18)40-34(42)27-26-24(7)29(38(46)47-25-12-10-9-11-13-25)39(8,30(27)36(40)44)31-28(26)35(43)41(37(31)45)33-22(5)16-19(2)17-23(33)6/h9-17,26-28,30-31H,1-8H3/t26?,27-,28+,30-,31+,39?. The smallest absolute Gasteiger partial charge is 0.339 e. The number of hydrogen-bond donors (Lipinski definition) is 0. The Morgan fingerprint density at radius 1 is 0.617 bits per heavy atom. The number of hydrogen-bond acceptors (Lipinski definition) is 6. The molecule has 3 aromatic rings. The molecule has 1 saturated carbocycles. The zero-order valence-corrected chi connectivity index (χ0v) is 27.9. The summed E-state index contributed by atoms with van der Waals surface area (Å²) in [5.41, 5.74) is 5.37. The van der Waals surface area contributed by atoms with Crippen LogP contribution in [0.5, 0.6) is 5.75 Å². The number of allylic oxidation sites excluding steroid dienone is 1. The van der Waals surface area contributed by atoms with Crippen LogP contribution in [0.1, 0.15) is 47.2 Å². The van der Waals surface area contributed by atoms with Gasteiger partial charge in [0.1, 0.15) is 5.75 Å². The van der Waals surface area contributed by atoms with Gasteiger partial charge in [-0.15, -0.1) is 0 Å². The van der Waals surface area contributed by atoms with Crippen molar-refractivity contribution in [2.75, 3.05) is 9.80 Å². The van der Waals surface area contributed by atoms with Crippen molar-refractivity contribution in [2.45, 2.75) is 55.4 Å². The van der Waals surface area contributed by atoms with Crippen LogP contribution >= 0.6 is 0 Å². The van der Waals surface area contributed by atoms with Gasteiger partial charge in [-0.1, -0.05) is 66.1 Å². The number of para-hydroxylation sites is 1. The van der Waals surface area contributed by atoms with Gasteiger partial charge in [0, 0.05) is 16.9 Å². The second kappa shape index (κ2) is 10.3. The predicted octanol–water partition coefficient (Wildman–Crippen LogP) is 6.02. The monoisotopic (exact) mass is 630 g/mol.